The molecule has 1 aliphatic heterocycles. The Morgan fingerprint density at radius 3 is 2.53 bits per heavy atom. The molecule has 1 aliphatic rings. The van der Waals surface area contributed by atoms with E-state index in [1.165, 1.54) is 30.3 Å². The number of ether oxygens (including phenoxy) is 2. The number of phenolic OH excluding ortho intramolecular Hbond substituents is 1. The molecule has 0 saturated carbocycles. The summed E-state index contributed by atoms with van der Waals surface area (Å²) >= 11 is 5.99. The highest BCUT2D eigenvalue weighted by atomic mass is 35.5. The van der Waals surface area contributed by atoms with E-state index in [4.69, 9.17) is 21.1 Å². The molecule has 1 amide bonds. The summed E-state index contributed by atoms with van der Waals surface area (Å²) in [5.41, 5.74) is 0.500. The van der Waals surface area contributed by atoms with Gasteiger partial charge in [0.05, 0.1) is 35.6 Å². The predicted molar refractivity (Wildman–Crippen MR) is 140 cm³/mol. The van der Waals surface area contributed by atoms with Gasteiger partial charge in [-0.25, -0.2) is 0 Å². The van der Waals surface area contributed by atoms with Gasteiger partial charge in [-0.2, -0.15) is 13.2 Å². The Hall–Kier alpha value is -3.43. The highest BCUT2D eigenvalue weighted by Gasteiger charge is 2.32. The minimum Gasteiger partial charge on any atom is -0.507 e. The number of aromatic hydroxyl groups is 1. The van der Waals surface area contributed by atoms with E-state index < -0.39 is 17.6 Å². The van der Waals surface area contributed by atoms with Crippen LogP contribution in [-0.4, -0.2) is 42.9 Å². The van der Waals surface area contributed by atoms with Gasteiger partial charge in [0, 0.05) is 36.3 Å². The Bertz CT molecular complexity index is 1290. The number of carbonyl (C=O) groups excluding carboxylic acids is 1. The molecule has 2 N–H and O–H groups in total. The van der Waals surface area contributed by atoms with Gasteiger partial charge in [0.2, 0.25) is 0 Å². The molecule has 3 aromatic rings. The molecular formula is C28H28ClF3N2O4. The lowest BCUT2D eigenvalue weighted by Crippen LogP contribution is -2.45. The average Bonchev–Trinajstić information content (AvgIpc) is 2.85. The Morgan fingerprint density at radius 1 is 1.11 bits per heavy atom. The highest BCUT2D eigenvalue weighted by molar-refractivity contribution is 6.31. The second-order valence-electron chi connectivity index (χ2n) is 9.21. The van der Waals surface area contributed by atoms with E-state index in [0.717, 1.165) is 11.8 Å². The lowest BCUT2D eigenvalue weighted by Gasteiger charge is -2.37. The molecular weight excluding hydrogens is 521 g/mol. The van der Waals surface area contributed by atoms with Gasteiger partial charge in [0.15, 0.2) is 0 Å². The standard InChI is InChI=1S/C28H28ClF3N2O4/c1-17-15-34(16-18(2)38-17)21-8-9-24(33-27(36)22-13-20(29)7-10-25(22)35)26(14-21)37-12-11-19-5-3-4-6-23(19)28(30,31)32/h3-10,13-14,17-18,35H,11-12,15-16H2,1-2H3,(H,33,36)/t17-,18-/m1/s1. The third kappa shape index (κ3) is 6.71. The number of nitrogens with one attached hydrogen (secondary N) is 1. The summed E-state index contributed by atoms with van der Waals surface area (Å²) in [6.45, 7) is 5.18. The van der Waals surface area contributed by atoms with Gasteiger partial charge in [0.25, 0.3) is 5.91 Å². The second kappa shape index (κ2) is 11.5. The topological polar surface area (TPSA) is 71.0 Å². The molecule has 0 bridgehead atoms. The number of halogens is 4. The van der Waals surface area contributed by atoms with Crippen molar-refractivity contribution in [3.05, 3.63) is 82.4 Å². The van der Waals surface area contributed by atoms with Crippen molar-refractivity contribution in [3.63, 3.8) is 0 Å². The quantitative estimate of drug-likeness (QED) is 0.350. The van der Waals surface area contributed by atoms with Crippen molar-refractivity contribution < 1.29 is 32.5 Å². The number of hydrogen-bond acceptors (Lipinski definition) is 5. The summed E-state index contributed by atoms with van der Waals surface area (Å²) in [4.78, 5) is 15.0. The molecule has 0 radical (unpaired) electrons. The van der Waals surface area contributed by atoms with Gasteiger partial charge in [-0.05, 0) is 55.8 Å². The Balaban J connectivity index is 1.59. The zero-order valence-electron chi connectivity index (χ0n) is 20.9. The molecule has 38 heavy (non-hydrogen) atoms. The largest absolute Gasteiger partial charge is 0.507 e. The molecule has 6 nitrogen and oxygen atoms in total. The van der Waals surface area contributed by atoms with E-state index in [0.29, 0.717) is 18.8 Å². The predicted octanol–water partition coefficient (Wildman–Crippen LogP) is 6.55. The van der Waals surface area contributed by atoms with Crippen LogP contribution in [0.4, 0.5) is 24.5 Å². The molecule has 2 atom stereocenters. The van der Waals surface area contributed by atoms with Crippen LogP contribution in [0.2, 0.25) is 5.02 Å². The minimum atomic E-state index is -4.47. The van der Waals surface area contributed by atoms with Gasteiger partial charge >= 0.3 is 6.18 Å². The van der Waals surface area contributed by atoms with Crippen molar-refractivity contribution in [3.8, 4) is 11.5 Å². The molecule has 0 aromatic heterocycles. The van der Waals surface area contributed by atoms with E-state index in [2.05, 4.69) is 10.2 Å². The molecule has 0 spiro atoms. The Labute approximate surface area is 223 Å². The molecule has 3 aromatic carbocycles. The monoisotopic (exact) mass is 548 g/mol. The van der Waals surface area contributed by atoms with E-state index in [1.807, 2.05) is 19.9 Å². The summed E-state index contributed by atoms with van der Waals surface area (Å²) in [6.07, 6.45) is -4.45. The van der Waals surface area contributed by atoms with Gasteiger partial charge in [-0.1, -0.05) is 29.8 Å². The fraction of sp³-hybridized carbons (Fsp3) is 0.321. The number of benzene rings is 3. The molecule has 0 aliphatic carbocycles. The van der Waals surface area contributed by atoms with Crippen LogP contribution in [0, 0.1) is 0 Å². The zero-order valence-corrected chi connectivity index (χ0v) is 21.6. The normalized spacial score (nSPS) is 17.8. The molecule has 202 valence electrons. The second-order valence-corrected chi connectivity index (χ2v) is 9.65. The van der Waals surface area contributed by atoms with Crippen molar-refractivity contribution >= 4 is 28.9 Å². The van der Waals surface area contributed by atoms with Crippen LogP contribution >= 0.6 is 11.6 Å². The number of rotatable bonds is 7. The number of anilines is 2. The fourth-order valence-electron chi connectivity index (χ4n) is 4.48. The van der Waals surface area contributed by atoms with Gasteiger partial charge in [0.1, 0.15) is 11.5 Å². The van der Waals surface area contributed by atoms with Crippen LogP contribution in [0.15, 0.2) is 60.7 Å². The first kappa shape index (κ1) is 27.6. The van der Waals surface area contributed by atoms with E-state index in [9.17, 15) is 23.1 Å². The summed E-state index contributed by atoms with van der Waals surface area (Å²) in [5, 5.41) is 13.1. The molecule has 0 unspecified atom stereocenters. The maximum atomic E-state index is 13.4. The van der Waals surface area contributed by atoms with Crippen molar-refractivity contribution in [2.75, 3.05) is 29.9 Å². The summed E-state index contributed by atoms with van der Waals surface area (Å²) in [6, 6.07) is 14.7. The number of hydrogen-bond donors (Lipinski definition) is 2. The number of morpholine rings is 1. The molecule has 1 fully saturated rings. The van der Waals surface area contributed by atoms with Crippen LogP contribution in [0.5, 0.6) is 11.5 Å². The third-order valence-corrected chi connectivity index (χ3v) is 6.39. The van der Waals surface area contributed by atoms with E-state index in [-0.39, 0.29) is 52.9 Å². The van der Waals surface area contributed by atoms with Crippen LogP contribution < -0.4 is 15.0 Å². The first-order valence-electron chi connectivity index (χ1n) is 12.1. The maximum absolute atomic E-state index is 13.4. The van der Waals surface area contributed by atoms with Crippen molar-refractivity contribution in [2.24, 2.45) is 0 Å². The van der Waals surface area contributed by atoms with Gasteiger partial charge in [-0.15, -0.1) is 0 Å². The third-order valence-electron chi connectivity index (χ3n) is 6.15. The number of amides is 1. The number of phenols is 1. The summed E-state index contributed by atoms with van der Waals surface area (Å²) in [5.74, 6) is -0.571. The lowest BCUT2D eigenvalue weighted by molar-refractivity contribution is -0.138. The smallest absolute Gasteiger partial charge is 0.416 e. The minimum absolute atomic E-state index is 0.00664. The summed E-state index contributed by atoms with van der Waals surface area (Å²) < 4.78 is 52.0. The van der Waals surface area contributed by atoms with E-state index >= 15 is 0 Å². The van der Waals surface area contributed by atoms with E-state index in [1.54, 1.807) is 18.2 Å². The average molecular weight is 549 g/mol. The number of alkyl halides is 3. The first-order chi connectivity index (χ1) is 18.0. The van der Waals surface area contributed by atoms with Crippen LogP contribution in [0.1, 0.15) is 35.3 Å². The van der Waals surface area contributed by atoms with Crippen molar-refractivity contribution in [2.45, 2.75) is 38.7 Å². The Morgan fingerprint density at radius 2 is 1.82 bits per heavy atom. The first-order valence-corrected chi connectivity index (χ1v) is 12.5. The van der Waals surface area contributed by atoms with Crippen LogP contribution in [-0.2, 0) is 17.3 Å². The molecule has 10 heteroatoms. The fourth-order valence-corrected chi connectivity index (χ4v) is 4.66. The highest BCUT2D eigenvalue weighted by Crippen LogP contribution is 2.34. The van der Waals surface area contributed by atoms with Gasteiger partial charge < -0.3 is 24.8 Å². The van der Waals surface area contributed by atoms with Crippen molar-refractivity contribution in [1.82, 2.24) is 0 Å². The summed E-state index contributed by atoms with van der Waals surface area (Å²) in [7, 11) is 0. The molecule has 1 saturated heterocycles. The number of nitrogens with zero attached hydrogens (tertiary/aromatic N) is 1. The molecule has 4 rings (SSSR count). The Kier molecular flexibility index (Phi) is 8.38. The SMILES string of the molecule is C[C@@H]1CN(c2ccc(NC(=O)c3cc(Cl)ccc3O)c(OCCc3ccccc3C(F)(F)F)c2)C[C@@H](C)O1. The zero-order chi connectivity index (χ0) is 27.4. The van der Waals surface area contributed by atoms with Gasteiger partial charge in [-0.3, -0.25) is 4.79 Å². The molecule has 1 heterocycles. The van der Waals surface area contributed by atoms with Crippen LogP contribution in [0.25, 0.3) is 0 Å². The maximum Gasteiger partial charge on any atom is 0.416 e. The van der Waals surface area contributed by atoms with Crippen molar-refractivity contribution in [1.29, 1.82) is 0 Å². The number of carbonyl (C=O) groups is 1. The lowest BCUT2D eigenvalue weighted by atomic mass is 10.0. The van der Waals surface area contributed by atoms with Crippen LogP contribution in [0.3, 0.4) is 0 Å².